The third-order valence-electron chi connectivity index (χ3n) is 5.46. The summed E-state index contributed by atoms with van der Waals surface area (Å²) in [5.41, 5.74) is 1.65. The van der Waals surface area contributed by atoms with Gasteiger partial charge in [0.25, 0.3) is 0 Å². The van der Waals surface area contributed by atoms with E-state index >= 15 is 0 Å². The minimum absolute atomic E-state index is 0. The Labute approximate surface area is 251 Å². The molecule has 0 saturated heterocycles. The van der Waals surface area contributed by atoms with E-state index in [0.717, 1.165) is 47.8 Å². The molecule has 2 aromatic rings. The standard InChI is InChI=1S/C26H25N3O4S.K/c1-3-33-26(32)23-19-7-5-4-6-8-22(19)34-25(23)29-20(24(31)18(14-27)15-28)13-21(30)17-11-9-16(2)10-12-17;/h9-13,29,31H,3-8H2,1-2H3;/q;+1/p-1/b20-13-;. The van der Waals surface area contributed by atoms with Crippen molar-refractivity contribution < 1.29 is 70.8 Å². The van der Waals surface area contributed by atoms with Crippen LogP contribution in [0.5, 0.6) is 0 Å². The first-order valence-electron chi connectivity index (χ1n) is 11.0. The third-order valence-corrected chi connectivity index (χ3v) is 6.66. The number of anilines is 1. The maximum absolute atomic E-state index is 13.0. The number of ketones is 1. The molecule has 0 aliphatic heterocycles. The van der Waals surface area contributed by atoms with Gasteiger partial charge in [-0.1, -0.05) is 42.0 Å². The molecule has 0 fully saturated rings. The smallest absolute Gasteiger partial charge is 0.870 e. The third kappa shape index (κ3) is 7.14. The number of allylic oxidation sites excluding steroid dienone is 2. The first-order valence-corrected chi connectivity index (χ1v) is 11.8. The number of nitriles is 2. The van der Waals surface area contributed by atoms with Gasteiger partial charge in [-0.25, -0.2) is 4.79 Å². The van der Waals surface area contributed by atoms with Crippen LogP contribution in [-0.2, 0) is 17.6 Å². The summed E-state index contributed by atoms with van der Waals surface area (Å²) < 4.78 is 5.27. The van der Waals surface area contributed by atoms with Gasteiger partial charge >= 0.3 is 57.4 Å². The van der Waals surface area contributed by atoms with Crippen molar-refractivity contribution in [2.45, 2.75) is 46.0 Å². The van der Waals surface area contributed by atoms with Crippen molar-refractivity contribution in [1.82, 2.24) is 0 Å². The minimum atomic E-state index is -0.913. The Morgan fingerprint density at radius 1 is 1.14 bits per heavy atom. The fraction of sp³-hybridized carbons (Fsp3) is 0.308. The number of fused-ring (bicyclic) bond motifs is 1. The van der Waals surface area contributed by atoms with Gasteiger partial charge in [-0.3, -0.25) is 4.79 Å². The molecule has 1 aromatic carbocycles. The summed E-state index contributed by atoms with van der Waals surface area (Å²) in [7, 11) is 0. The molecule has 35 heavy (non-hydrogen) atoms. The van der Waals surface area contributed by atoms with Crippen LogP contribution in [0.4, 0.5) is 5.00 Å². The second kappa shape index (κ2) is 13.7. The maximum Gasteiger partial charge on any atom is 1.00 e. The van der Waals surface area contributed by atoms with Gasteiger partial charge in [-0.05, 0) is 45.1 Å². The van der Waals surface area contributed by atoms with Gasteiger partial charge in [-0.15, -0.1) is 11.3 Å². The number of ether oxygens (including phenoxy) is 1. The molecular weight excluding hydrogens is 489 g/mol. The van der Waals surface area contributed by atoms with E-state index in [4.69, 9.17) is 4.74 Å². The molecule has 7 nitrogen and oxygen atoms in total. The Hall–Kier alpha value is -2.24. The predicted molar refractivity (Wildman–Crippen MR) is 127 cm³/mol. The molecule has 1 N–H and O–H groups in total. The van der Waals surface area contributed by atoms with Gasteiger partial charge in [-0.2, -0.15) is 10.5 Å². The van der Waals surface area contributed by atoms with Crippen LogP contribution in [0.15, 0.2) is 47.4 Å². The van der Waals surface area contributed by atoms with Gasteiger partial charge in [0.05, 0.1) is 12.2 Å². The normalized spacial score (nSPS) is 12.6. The largest absolute Gasteiger partial charge is 1.00 e. The molecule has 1 heterocycles. The molecule has 0 amide bonds. The summed E-state index contributed by atoms with van der Waals surface area (Å²) in [5, 5.41) is 34.7. The predicted octanol–water partition coefficient (Wildman–Crippen LogP) is 1.35. The number of thiophene rings is 1. The molecule has 0 unspecified atom stereocenters. The van der Waals surface area contributed by atoms with Gasteiger partial charge in [0.1, 0.15) is 22.7 Å². The second-order valence-corrected chi connectivity index (χ2v) is 8.94. The second-order valence-electron chi connectivity index (χ2n) is 7.83. The van der Waals surface area contributed by atoms with Crippen LogP contribution in [0.1, 0.15) is 62.9 Å². The van der Waals surface area contributed by atoms with E-state index in [1.807, 2.05) is 6.92 Å². The summed E-state index contributed by atoms with van der Waals surface area (Å²) in [6, 6.07) is 9.96. The Balaban J connectivity index is 0.00000432. The van der Waals surface area contributed by atoms with Crippen LogP contribution < -0.4 is 61.8 Å². The van der Waals surface area contributed by atoms with Crippen molar-refractivity contribution >= 4 is 28.1 Å². The van der Waals surface area contributed by atoms with E-state index in [1.165, 1.54) is 11.3 Å². The number of rotatable bonds is 7. The quantitative estimate of drug-likeness (QED) is 0.0865. The Morgan fingerprint density at radius 3 is 2.43 bits per heavy atom. The molecule has 0 radical (unpaired) electrons. The van der Waals surface area contributed by atoms with Crippen molar-refractivity contribution in [3.8, 4) is 12.1 Å². The number of benzene rings is 1. The van der Waals surface area contributed by atoms with Crippen LogP contribution in [0, 0.1) is 29.6 Å². The molecule has 9 heteroatoms. The van der Waals surface area contributed by atoms with Gasteiger partial charge in [0.2, 0.25) is 0 Å². The minimum Gasteiger partial charge on any atom is -0.870 e. The summed E-state index contributed by atoms with van der Waals surface area (Å²) in [5.74, 6) is -1.89. The monoisotopic (exact) mass is 513 g/mol. The van der Waals surface area contributed by atoms with Crippen molar-refractivity contribution in [3.63, 3.8) is 0 Å². The van der Waals surface area contributed by atoms with E-state index in [1.54, 1.807) is 43.3 Å². The molecule has 1 aromatic heterocycles. The van der Waals surface area contributed by atoms with Gasteiger partial charge in [0.15, 0.2) is 5.78 Å². The topological polar surface area (TPSA) is 126 Å². The SMILES string of the molecule is CCOC(=O)c1c(N/C(=C\C(=O)c2ccc(C)cc2)C([O-])=C(C#N)C#N)sc2c1CCCCC2.[K+]. The van der Waals surface area contributed by atoms with Crippen LogP contribution in [-0.4, -0.2) is 18.4 Å². The van der Waals surface area contributed by atoms with Gasteiger partial charge < -0.3 is 15.2 Å². The number of carbonyl (C=O) groups excluding carboxylic acids is 2. The molecule has 0 saturated carbocycles. The first-order chi connectivity index (χ1) is 16.4. The fourth-order valence-electron chi connectivity index (χ4n) is 3.72. The van der Waals surface area contributed by atoms with E-state index in [9.17, 15) is 25.2 Å². The summed E-state index contributed by atoms with van der Waals surface area (Å²) >= 11 is 1.34. The van der Waals surface area contributed by atoms with Crippen molar-refractivity contribution in [2.24, 2.45) is 0 Å². The number of nitrogens with one attached hydrogen (secondary N) is 1. The zero-order valence-corrected chi connectivity index (χ0v) is 24.0. The fourth-order valence-corrected chi connectivity index (χ4v) is 5.01. The summed E-state index contributed by atoms with van der Waals surface area (Å²) in [6.45, 7) is 3.79. The van der Waals surface area contributed by atoms with Crippen LogP contribution in [0.3, 0.4) is 0 Å². The average Bonchev–Trinajstić information content (AvgIpc) is 3.00. The summed E-state index contributed by atoms with van der Waals surface area (Å²) in [4.78, 5) is 26.8. The Morgan fingerprint density at radius 2 is 1.80 bits per heavy atom. The molecular formula is C26H24KN3O4S. The molecule has 1 aliphatic carbocycles. The van der Waals surface area contributed by atoms with E-state index in [0.29, 0.717) is 22.5 Å². The van der Waals surface area contributed by atoms with Crippen LogP contribution >= 0.6 is 11.3 Å². The zero-order chi connectivity index (χ0) is 24.7. The van der Waals surface area contributed by atoms with Crippen LogP contribution in [0.2, 0.25) is 0 Å². The molecule has 0 spiro atoms. The zero-order valence-electron chi connectivity index (χ0n) is 20.1. The Kier molecular flexibility index (Phi) is 11.4. The van der Waals surface area contributed by atoms with E-state index < -0.39 is 23.1 Å². The summed E-state index contributed by atoms with van der Waals surface area (Å²) in [6.07, 6.45) is 5.57. The maximum atomic E-state index is 13.0. The number of hydrogen-bond donors (Lipinski definition) is 1. The molecule has 1 aliphatic rings. The number of carbonyl (C=O) groups is 2. The van der Waals surface area contributed by atoms with Crippen molar-refractivity contribution in [2.75, 3.05) is 11.9 Å². The van der Waals surface area contributed by atoms with Gasteiger partial charge in [0, 0.05) is 22.2 Å². The molecule has 0 atom stereocenters. The van der Waals surface area contributed by atoms with Crippen molar-refractivity contribution in [3.05, 3.63) is 74.5 Å². The number of nitrogens with zero attached hydrogens (tertiary/aromatic N) is 2. The molecule has 3 rings (SSSR count). The number of hydrogen-bond acceptors (Lipinski definition) is 8. The van der Waals surface area contributed by atoms with Crippen LogP contribution in [0.25, 0.3) is 0 Å². The molecule has 0 bridgehead atoms. The first kappa shape index (κ1) is 29.0. The molecule has 174 valence electrons. The number of aryl methyl sites for hydroxylation is 2. The van der Waals surface area contributed by atoms with E-state index in [2.05, 4.69) is 5.32 Å². The average molecular weight is 514 g/mol. The Bertz CT molecular complexity index is 1230. The number of esters is 1. The van der Waals surface area contributed by atoms with Crippen molar-refractivity contribution in [1.29, 1.82) is 10.5 Å². The van der Waals surface area contributed by atoms with E-state index in [-0.39, 0.29) is 63.7 Å².